The Labute approximate surface area is 216 Å². The van der Waals surface area contributed by atoms with E-state index in [1.165, 1.54) is 12.8 Å². The minimum atomic E-state index is -0.199. The van der Waals surface area contributed by atoms with Crippen molar-refractivity contribution >= 4 is 6.08 Å². The highest BCUT2D eigenvalue weighted by Crippen LogP contribution is 2.27. The zero-order valence-electron chi connectivity index (χ0n) is 21.7. The van der Waals surface area contributed by atoms with Gasteiger partial charge in [0.25, 0.3) is 0 Å². The lowest BCUT2D eigenvalue weighted by Crippen LogP contribution is -2.08. The first kappa shape index (κ1) is 27.4. The van der Waals surface area contributed by atoms with Gasteiger partial charge in [-0.05, 0) is 73.1 Å². The van der Waals surface area contributed by atoms with Crippen molar-refractivity contribution in [3.05, 3.63) is 96.8 Å². The van der Waals surface area contributed by atoms with Crippen LogP contribution in [0.5, 0.6) is 5.75 Å². The van der Waals surface area contributed by atoms with Crippen LogP contribution in [0.2, 0.25) is 0 Å². The van der Waals surface area contributed by atoms with E-state index in [1.807, 2.05) is 54.6 Å². The monoisotopic (exact) mass is 486 g/mol. The molecule has 0 aliphatic carbocycles. The van der Waals surface area contributed by atoms with Crippen LogP contribution in [-0.4, -0.2) is 19.3 Å². The Hall–Kier alpha value is -3.17. The second-order valence-corrected chi connectivity index (χ2v) is 9.16. The van der Waals surface area contributed by atoms with Gasteiger partial charge in [0.2, 0.25) is 0 Å². The van der Waals surface area contributed by atoms with E-state index >= 15 is 0 Å². The summed E-state index contributed by atoms with van der Waals surface area (Å²) in [5.74, 6) is 0.622. The number of allylic oxidation sites excluding steroid dienone is 1. The number of ether oxygens (including phenoxy) is 2. The van der Waals surface area contributed by atoms with Crippen molar-refractivity contribution in [1.82, 2.24) is 0 Å². The van der Waals surface area contributed by atoms with Crippen LogP contribution in [-0.2, 0) is 4.74 Å². The predicted molar refractivity (Wildman–Crippen MR) is 151 cm³/mol. The molecule has 0 bridgehead atoms. The van der Waals surface area contributed by atoms with Gasteiger partial charge >= 0.3 is 0 Å². The van der Waals surface area contributed by atoms with Gasteiger partial charge in [-0.1, -0.05) is 93.1 Å². The van der Waals surface area contributed by atoms with E-state index in [-0.39, 0.29) is 11.9 Å². The highest BCUT2D eigenvalue weighted by molar-refractivity contribution is 5.71. The lowest BCUT2D eigenvalue weighted by atomic mass is 9.99. The van der Waals surface area contributed by atoms with E-state index in [2.05, 4.69) is 38.6 Å². The molecule has 1 atom stereocenters. The molecule has 0 saturated heterocycles. The molecule has 0 aliphatic rings. The average Bonchev–Trinajstić information content (AvgIpc) is 2.91. The highest BCUT2D eigenvalue weighted by Gasteiger charge is 2.05. The Morgan fingerprint density at radius 3 is 2.14 bits per heavy atom. The van der Waals surface area contributed by atoms with E-state index in [0.717, 1.165) is 60.3 Å². The molecule has 3 aromatic rings. The summed E-state index contributed by atoms with van der Waals surface area (Å²) in [6.45, 7) is 9.35. The maximum absolute atomic E-state index is 14.8. The first-order valence-electron chi connectivity index (χ1n) is 13.1. The molecule has 0 amide bonds. The van der Waals surface area contributed by atoms with Gasteiger partial charge in [-0.15, -0.1) is 0 Å². The summed E-state index contributed by atoms with van der Waals surface area (Å²) in [6.07, 6.45) is 12.5. The van der Waals surface area contributed by atoms with Gasteiger partial charge in [0.15, 0.2) is 0 Å². The molecule has 190 valence electrons. The van der Waals surface area contributed by atoms with Crippen LogP contribution < -0.4 is 4.74 Å². The number of unbranched alkanes of at least 4 members (excludes halogenated alkanes) is 3. The van der Waals surface area contributed by atoms with Crippen molar-refractivity contribution < 1.29 is 13.9 Å². The van der Waals surface area contributed by atoms with Crippen LogP contribution in [0.4, 0.5) is 4.39 Å². The average molecular weight is 487 g/mol. The Bertz CT molecular complexity index is 1080. The number of hydrogen-bond acceptors (Lipinski definition) is 2. The molecule has 3 heteroatoms. The highest BCUT2D eigenvalue weighted by atomic mass is 19.1. The van der Waals surface area contributed by atoms with Gasteiger partial charge < -0.3 is 9.47 Å². The smallest absolute Gasteiger partial charge is 0.131 e. The number of rotatable bonds is 15. The molecule has 0 heterocycles. The predicted octanol–water partition coefficient (Wildman–Crippen LogP) is 9.50. The standard InChI is InChI=1S/C33H39FO2/c1-4-6-10-24-35-26(3)11-8-7-9-12-30-17-18-31(25-33(30)34)29-15-13-27(14-16-29)28-19-21-32(22-20-28)36-23-5-2/h5,9,12-22,25-26H,2,4,6-8,10-11,23-24H2,1,3H3/b12-9+. The number of hydrogen-bond donors (Lipinski definition) is 0. The summed E-state index contributed by atoms with van der Waals surface area (Å²) in [7, 11) is 0. The molecule has 0 aromatic heterocycles. The summed E-state index contributed by atoms with van der Waals surface area (Å²) in [4.78, 5) is 0. The lowest BCUT2D eigenvalue weighted by molar-refractivity contribution is 0.0566. The van der Waals surface area contributed by atoms with E-state index in [4.69, 9.17) is 9.47 Å². The summed E-state index contributed by atoms with van der Waals surface area (Å²) in [6, 6.07) is 21.6. The summed E-state index contributed by atoms with van der Waals surface area (Å²) in [5.41, 5.74) is 4.70. The van der Waals surface area contributed by atoms with Crippen molar-refractivity contribution in [2.45, 2.75) is 58.5 Å². The maximum atomic E-state index is 14.8. The molecule has 3 aromatic carbocycles. The topological polar surface area (TPSA) is 18.5 Å². The van der Waals surface area contributed by atoms with Crippen molar-refractivity contribution in [3.8, 4) is 28.0 Å². The van der Waals surface area contributed by atoms with Crippen molar-refractivity contribution in [1.29, 1.82) is 0 Å². The molecule has 0 aliphatic heterocycles. The Morgan fingerprint density at radius 1 is 0.861 bits per heavy atom. The quantitative estimate of drug-likeness (QED) is 0.157. The molecule has 3 rings (SSSR count). The molecule has 0 saturated carbocycles. The van der Waals surface area contributed by atoms with Crippen molar-refractivity contribution in [3.63, 3.8) is 0 Å². The zero-order chi connectivity index (χ0) is 25.6. The fourth-order valence-corrected chi connectivity index (χ4v) is 4.05. The molecule has 36 heavy (non-hydrogen) atoms. The van der Waals surface area contributed by atoms with Crippen LogP contribution in [0.25, 0.3) is 28.3 Å². The Morgan fingerprint density at radius 2 is 1.50 bits per heavy atom. The van der Waals surface area contributed by atoms with E-state index in [0.29, 0.717) is 12.2 Å². The number of halogens is 1. The molecule has 2 nitrogen and oxygen atoms in total. The SMILES string of the molecule is C=CCOc1ccc(-c2ccc(-c3ccc(/C=C/CCCC(C)OCCCCC)c(F)c3)cc2)cc1. The summed E-state index contributed by atoms with van der Waals surface area (Å²) in [5, 5.41) is 0. The third kappa shape index (κ3) is 8.80. The molecule has 0 radical (unpaired) electrons. The Balaban J connectivity index is 1.51. The zero-order valence-corrected chi connectivity index (χ0v) is 21.7. The fourth-order valence-electron chi connectivity index (χ4n) is 4.05. The first-order chi connectivity index (χ1) is 17.6. The minimum Gasteiger partial charge on any atom is -0.490 e. The van der Waals surface area contributed by atoms with Crippen molar-refractivity contribution in [2.75, 3.05) is 13.2 Å². The summed E-state index contributed by atoms with van der Waals surface area (Å²) < 4.78 is 26.1. The van der Waals surface area contributed by atoms with Gasteiger partial charge in [-0.3, -0.25) is 0 Å². The number of benzene rings is 3. The normalized spacial score (nSPS) is 12.1. The van der Waals surface area contributed by atoms with Crippen LogP contribution in [0.3, 0.4) is 0 Å². The second kappa shape index (κ2) is 15.1. The van der Waals surface area contributed by atoms with Crippen LogP contribution in [0.15, 0.2) is 85.5 Å². The Kier molecular flexibility index (Phi) is 11.5. The van der Waals surface area contributed by atoms with Crippen molar-refractivity contribution in [2.24, 2.45) is 0 Å². The third-order valence-corrected chi connectivity index (χ3v) is 6.20. The van der Waals surface area contributed by atoms with Gasteiger partial charge in [-0.25, -0.2) is 4.39 Å². The summed E-state index contributed by atoms with van der Waals surface area (Å²) >= 11 is 0. The van der Waals surface area contributed by atoms with Crippen LogP contribution in [0, 0.1) is 5.82 Å². The van der Waals surface area contributed by atoms with E-state index in [9.17, 15) is 4.39 Å². The lowest BCUT2D eigenvalue weighted by Gasteiger charge is -2.12. The van der Waals surface area contributed by atoms with Crippen LogP contribution in [0.1, 0.15) is 57.9 Å². The fraction of sp³-hybridized carbons (Fsp3) is 0.333. The van der Waals surface area contributed by atoms with E-state index < -0.39 is 0 Å². The molecule has 0 spiro atoms. The second-order valence-electron chi connectivity index (χ2n) is 9.16. The molecule has 1 unspecified atom stereocenters. The van der Waals surface area contributed by atoms with Gasteiger partial charge in [0, 0.05) is 12.2 Å². The third-order valence-electron chi connectivity index (χ3n) is 6.20. The molecule has 0 fully saturated rings. The van der Waals surface area contributed by atoms with Gasteiger partial charge in [0.05, 0.1) is 6.10 Å². The largest absolute Gasteiger partial charge is 0.490 e. The minimum absolute atomic E-state index is 0.199. The van der Waals surface area contributed by atoms with Gasteiger partial charge in [-0.2, -0.15) is 0 Å². The maximum Gasteiger partial charge on any atom is 0.131 e. The molecular formula is C33H39FO2. The first-order valence-corrected chi connectivity index (χ1v) is 13.1. The molecule has 0 N–H and O–H groups in total. The van der Waals surface area contributed by atoms with Gasteiger partial charge in [0.1, 0.15) is 18.2 Å². The molecular weight excluding hydrogens is 447 g/mol. The van der Waals surface area contributed by atoms with E-state index in [1.54, 1.807) is 12.1 Å². The van der Waals surface area contributed by atoms with Crippen LogP contribution >= 0.6 is 0 Å².